The first kappa shape index (κ1) is 11.2. The first-order valence-electron chi connectivity index (χ1n) is 4.46. The number of carbonyl (C=O) groups excluding carboxylic acids is 1. The predicted octanol–water partition coefficient (Wildman–Crippen LogP) is 1.32. The Morgan fingerprint density at radius 2 is 2.00 bits per heavy atom. The molecule has 76 valence electrons. The number of likely N-dealkylation sites (N-methyl/N-ethyl adjacent to an activating group) is 1. The van der Waals surface area contributed by atoms with Crippen molar-refractivity contribution in [3.63, 3.8) is 0 Å². The Balaban J connectivity index is 2.32. The number of rotatable bonds is 6. The minimum Gasteiger partial charge on any atom is -0.318 e. The molecular formula is C10H14N2OS. The highest BCUT2D eigenvalue weighted by molar-refractivity contribution is 7.97. The molecule has 0 fully saturated rings. The number of hydrogen-bond acceptors (Lipinski definition) is 4. The largest absolute Gasteiger partial charge is 0.318 e. The molecule has 4 heteroatoms. The molecule has 0 aliphatic rings. The zero-order valence-corrected chi connectivity index (χ0v) is 8.93. The van der Waals surface area contributed by atoms with E-state index < -0.39 is 0 Å². The lowest BCUT2D eigenvalue weighted by Crippen LogP contribution is -2.19. The summed E-state index contributed by atoms with van der Waals surface area (Å²) in [6, 6.07) is 7.49. The maximum Gasteiger partial charge on any atom is 0.150 e. The average Bonchev–Trinajstić information content (AvgIpc) is 2.25. The zero-order valence-electron chi connectivity index (χ0n) is 8.12. The second-order valence-corrected chi connectivity index (χ2v) is 3.75. The van der Waals surface area contributed by atoms with Crippen LogP contribution in [0, 0.1) is 0 Å². The van der Waals surface area contributed by atoms with Gasteiger partial charge in [0.25, 0.3) is 0 Å². The fraction of sp³-hybridized carbons (Fsp3) is 0.300. The van der Waals surface area contributed by atoms with Crippen molar-refractivity contribution in [3.8, 4) is 0 Å². The van der Waals surface area contributed by atoms with Crippen LogP contribution in [0.4, 0.5) is 0 Å². The number of nitrogens with one attached hydrogen (secondary N) is 2. The molecule has 0 radical (unpaired) electrons. The molecule has 1 aromatic rings. The summed E-state index contributed by atoms with van der Waals surface area (Å²) in [7, 11) is 1.92. The van der Waals surface area contributed by atoms with E-state index in [9.17, 15) is 4.79 Å². The molecule has 0 saturated heterocycles. The average molecular weight is 210 g/mol. The van der Waals surface area contributed by atoms with E-state index in [1.54, 1.807) is 11.9 Å². The van der Waals surface area contributed by atoms with Gasteiger partial charge in [0.2, 0.25) is 0 Å². The summed E-state index contributed by atoms with van der Waals surface area (Å²) in [5.74, 6) is 0. The Morgan fingerprint density at radius 1 is 1.29 bits per heavy atom. The normalized spacial score (nSPS) is 10.1. The van der Waals surface area contributed by atoms with E-state index in [4.69, 9.17) is 0 Å². The molecule has 0 atom stereocenters. The second kappa shape index (κ2) is 6.59. The van der Waals surface area contributed by atoms with E-state index in [1.807, 2.05) is 31.3 Å². The fourth-order valence-corrected chi connectivity index (χ4v) is 1.57. The maximum atomic E-state index is 10.4. The number of benzene rings is 1. The van der Waals surface area contributed by atoms with Crippen LogP contribution in [-0.2, 0) is 0 Å². The molecule has 0 spiro atoms. The summed E-state index contributed by atoms with van der Waals surface area (Å²) in [6.45, 7) is 1.86. The lowest BCUT2D eigenvalue weighted by molar-refractivity contribution is 0.112. The van der Waals surface area contributed by atoms with Crippen molar-refractivity contribution in [2.24, 2.45) is 0 Å². The van der Waals surface area contributed by atoms with Crippen molar-refractivity contribution < 1.29 is 4.79 Å². The minimum absolute atomic E-state index is 0.713. The quantitative estimate of drug-likeness (QED) is 0.422. The smallest absolute Gasteiger partial charge is 0.150 e. The van der Waals surface area contributed by atoms with Crippen molar-refractivity contribution >= 4 is 18.2 Å². The summed E-state index contributed by atoms with van der Waals surface area (Å²) in [4.78, 5) is 11.5. The molecule has 0 unspecified atom stereocenters. The fourth-order valence-electron chi connectivity index (χ4n) is 0.925. The van der Waals surface area contributed by atoms with Crippen LogP contribution in [0.25, 0.3) is 0 Å². The molecule has 0 bridgehead atoms. The van der Waals surface area contributed by atoms with E-state index >= 15 is 0 Å². The number of carbonyl (C=O) groups is 1. The summed E-state index contributed by atoms with van der Waals surface area (Å²) in [6.07, 6.45) is 0.850. The third-order valence-corrected chi connectivity index (χ3v) is 2.54. The van der Waals surface area contributed by atoms with Gasteiger partial charge in [-0.2, -0.15) is 0 Å². The van der Waals surface area contributed by atoms with Gasteiger partial charge < -0.3 is 5.32 Å². The monoisotopic (exact) mass is 210 g/mol. The van der Waals surface area contributed by atoms with Crippen LogP contribution in [-0.4, -0.2) is 26.4 Å². The van der Waals surface area contributed by atoms with Crippen LogP contribution in [0.3, 0.4) is 0 Å². The highest BCUT2D eigenvalue weighted by Crippen LogP contribution is 2.13. The van der Waals surface area contributed by atoms with E-state index in [2.05, 4.69) is 10.0 Å². The lowest BCUT2D eigenvalue weighted by Gasteiger charge is -2.03. The molecule has 0 aromatic heterocycles. The summed E-state index contributed by atoms with van der Waals surface area (Å²) < 4.78 is 3.21. The van der Waals surface area contributed by atoms with Crippen LogP contribution in [0.1, 0.15) is 10.4 Å². The topological polar surface area (TPSA) is 41.1 Å². The minimum atomic E-state index is 0.713. The van der Waals surface area contributed by atoms with E-state index in [0.29, 0.717) is 5.56 Å². The zero-order chi connectivity index (χ0) is 10.2. The Bertz CT molecular complexity index is 274. The van der Waals surface area contributed by atoms with Crippen molar-refractivity contribution in [1.29, 1.82) is 0 Å². The third-order valence-electron chi connectivity index (χ3n) is 1.68. The molecular weight excluding hydrogens is 196 g/mol. The molecule has 1 rings (SSSR count). The van der Waals surface area contributed by atoms with Gasteiger partial charge in [0.1, 0.15) is 6.29 Å². The molecule has 0 amide bonds. The molecule has 0 aliphatic heterocycles. The Kier molecular flexibility index (Phi) is 5.29. The molecule has 1 aromatic carbocycles. The van der Waals surface area contributed by atoms with Gasteiger partial charge in [-0.1, -0.05) is 12.1 Å². The first-order valence-corrected chi connectivity index (χ1v) is 5.28. The van der Waals surface area contributed by atoms with E-state index in [0.717, 1.165) is 24.3 Å². The molecule has 0 saturated carbocycles. The second-order valence-electron chi connectivity index (χ2n) is 2.79. The van der Waals surface area contributed by atoms with Gasteiger partial charge in [-0.15, -0.1) is 0 Å². The summed E-state index contributed by atoms with van der Waals surface area (Å²) in [5, 5.41) is 3.05. The lowest BCUT2D eigenvalue weighted by atomic mass is 10.2. The van der Waals surface area contributed by atoms with Gasteiger partial charge in [-0.25, -0.2) is 0 Å². The van der Waals surface area contributed by atoms with Crippen LogP contribution in [0.15, 0.2) is 29.2 Å². The van der Waals surface area contributed by atoms with Crippen LogP contribution in [0.5, 0.6) is 0 Å². The molecule has 0 heterocycles. The van der Waals surface area contributed by atoms with Gasteiger partial charge in [0.15, 0.2) is 0 Å². The van der Waals surface area contributed by atoms with E-state index in [-0.39, 0.29) is 0 Å². The predicted molar refractivity (Wildman–Crippen MR) is 59.6 cm³/mol. The SMILES string of the molecule is CNCCNSc1ccc(C=O)cc1. The molecule has 0 aliphatic carbocycles. The third kappa shape index (κ3) is 3.91. The van der Waals surface area contributed by atoms with Crippen LogP contribution >= 0.6 is 11.9 Å². The highest BCUT2D eigenvalue weighted by Gasteiger charge is 1.93. The van der Waals surface area contributed by atoms with Crippen LogP contribution < -0.4 is 10.0 Å². The molecule has 2 N–H and O–H groups in total. The molecule has 14 heavy (non-hydrogen) atoms. The van der Waals surface area contributed by atoms with Gasteiger partial charge in [-0.3, -0.25) is 9.52 Å². The van der Waals surface area contributed by atoms with Crippen molar-refractivity contribution in [1.82, 2.24) is 10.0 Å². The summed E-state index contributed by atoms with van der Waals surface area (Å²) >= 11 is 1.57. The standard InChI is InChI=1S/C10H14N2OS/c1-11-6-7-12-14-10-4-2-9(8-13)3-5-10/h2-5,8,11-12H,6-7H2,1H3. The Morgan fingerprint density at radius 3 is 2.57 bits per heavy atom. The van der Waals surface area contributed by atoms with E-state index in [1.165, 1.54) is 0 Å². The Labute approximate surface area is 88.4 Å². The highest BCUT2D eigenvalue weighted by atomic mass is 32.2. The van der Waals surface area contributed by atoms with Crippen molar-refractivity contribution in [2.75, 3.05) is 20.1 Å². The Hall–Kier alpha value is -0.840. The van der Waals surface area contributed by atoms with Gasteiger partial charge in [0, 0.05) is 23.5 Å². The van der Waals surface area contributed by atoms with Gasteiger partial charge in [-0.05, 0) is 31.1 Å². The summed E-state index contributed by atoms with van der Waals surface area (Å²) in [5.41, 5.74) is 0.713. The number of hydrogen-bond donors (Lipinski definition) is 2. The first-order chi connectivity index (χ1) is 6.86. The van der Waals surface area contributed by atoms with Crippen molar-refractivity contribution in [2.45, 2.75) is 4.90 Å². The molecule has 3 nitrogen and oxygen atoms in total. The maximum absolute atomic E-state index is 10.4. The van der Waals surface area contributed by atoms with Crippen molar-refractivity contribution in [3.05, 3.63) is 29.8 Å². The van der Waals surface area contributed by atoms with Gasteiger partial charge >= 0.3 is 0 Å². The number of aldehydes is 1. The van der Waals surface area contributed by atoms with Crippen LogP contribution in [0.2, 0.25) is 0 Å². The van der Waals surface area contributed by atoms with Gasteiger partial charge in [0.05, 0.1) is 0 Å².